The van der Waals surface area contributed by atoms with Crippen LogP contribution in [0, 0.1) is 0 Å². The van der Waals surface area contributed by atoms with Gasteiger partial charge in [-0.2, -0.15) is 0 Å². The molecule has 0 atom stereocenters. The van der Waals surface area contributed by atoms with Crippen molar-refractivity contribution < 1.29 is 13.2 Å². The zero-order valence-electron chi connectivity index (χ0n) is 15.8. The Morgan fingerprint density at radius 1 is 1.04 bits per heavy atom. The van der Waals surface area contributed by atoms with Gasteiger partial charge in [-0.25, -0.2) is 8.42 Å². The van der Waals surface area contributed by atoms with Gasteiger partial charge in [0.2, 0.25) is 0 Å². The zero-order valence-corrected chi connectivity index (χ0v) is 16.6. The van der Waals surface area contributed by atoms with Crippen LogP contribution >= 0.6 is 0 Å². The number of nitrogens with one attached hydrogen (secondary N) is 2. The largest absolute Gasteiger partial charge is 0.323 e. The highest BCUT2D eigenvalue weighted by atomic mass is 32.2. The van der Waals surface area contributed by atoms with Crippen LogP contribution in [0.3, 0.4) is 0 Å². The van der Waals surface area contributed by atoms with Crippen molar-refractivity contribution in [1.29, 1.82) is 0 Å². The summed E-state index contributed by atoms with van der Waals surface area (Å²) in [7, 11) is -3.72. The Labute approximate surface area is 165 Å². The Morgan fingerprint density at radius 3 is 2.39 bits per heavy atom. The Morgan fingerprint density at radius 2 is 1.75 bits per heavy atom. The van der Waals surface area contributed by atoms with Gasteiger partial charge in [-0.3, -0.25) is 9.52 Å². The van der Waals surface area contributed by atoms with Crippen LogP contribution in [0.1, 0.15) is 29.8 Å². The molecule has 146 valence electrons. The van der Waals surface area contributed by atoms with Crippen molar-refractivity contribution in [3.05, 3.63) is 78.1 Å². The van der Waals surface area contributed by atoms with E-state index in [-0.39, 0.29) is 4.90 Å². The number of hydrogen-bond acceptors (Lipinski definition) is 4. The molecule has 28 heavy (non-hydrogen) atoms. The minimum Gasteiger partial charge on any atom is -0.323 e. The van der Waals surface area contributed by atoms with Gasteiger partial charge in [0.1, 0.15) is 0 Å². The third-order valence-corrected chi connectivity index (χ3v) is 5.64. The number of rotatable bonds is 8. The van der Waals surface area contributed by atoms with E-state index in [2.05, 4.69) is 10.0 Å². The molecule has 2 aromatic carbocycles. The Kier molecular flexibility index (Phi) is 5.96. The predicted molar refractivity (Wildman–Crippen MR) is 110 cm³/mol. The second-order valence-electron chi connectivity index (χ2n) is 6.76. The smallest absolute Gasteiger partial charge is 0.261 e. The van der Waals surface area contributed by atoms with E-state index in [1.165, 1.54) is 0 Å². The van der Waals surface area contributed by atoms with Gasteiger partial charge in [0, 0.05) is 36.2 Å². The lowest BCUT2D eigenvalue weighted by molar-refractivity contribution is 0.112. The number of sulfonamides is 1. The number of anilines is 1. The minimum atomic E-state index is -3.72. The molecule has 0 spiro atoms. The van der Waals surface area contributed by atoms with Gasteiger partial charge in [0.15, 0.2) is 6.29 Å². The van der Waals surface area contributed by atoms with Crippen LogP contribution in [-0.2, 0) is 16.6 Å². The van der Waals surface area contributed by atoms with Gasteiger partial charge in [0.05, 0.1) is 10.6 Å². The molecule has 1 aromatic heterocycles. The maximum Gasteiger partial charge on any atom is 0.261 e. The molecule has 0 saturated heterocycles. The van der Waals surface area contributed by atoms with Crippen LogP contribution in [0.4, 0.5) is 5.69 Å². The number of benzene rings is 2. The molecule has 0 aliphatic heterocycles. The van der Waals surface area contributed by atoms with Gasteiger partial charge >= 0.3 is 0 Å². The molecule has 0 radical (unpaired) electrons. The number of nitrogens with zero attached hydrogens (tertiary/aromatic N) is 1. The molecule has 3 rings (SSSR count). The van der Waals surface area contributed by atoms with Crippen molar-refractivity contribution in [3.8, 4) is 5.69 Å². The van der Waals surface area contributed by atoms with Crippen molar-refractivity contribution >= 4 is 22.0 Å². The lowest BCUT2D eigenvalue weighted by Crippen LogP contribution is -2.23. The SMILES string of the molecule is CC(C)NCc1ccccc1NS(=O)(=O)c1ccc(-n2ccc(C=O)c2)cc1. The van der Waals surface area contributed by atoms with Crippen LogP contribution in [0.5, 0.6) is 0 Å². The Hall–Kier alpha value is -2.90. The highest BCUT2D eigenvalue weighted by Gasteiger charge is 2.16. The van der Waals surface area contributed by atoms with Gasteiger partial charge in [-0.05, 0) is 42.0 Å². The topological polar surface area (TPSA) is 80.2 Å². The molecular weight excluding hydrogens is 374 g/mol. The summed E-state index contributed by atoms with van der Waals surface area (Å²) in [5.74, 6) is 0. The summed E-state index contributed by atoms with van der Waals surface area (Å²) in [5, 5.41) is 3.30. The first-order valence-corrected chi connectivity index (χ1v) is 10.4. The highest BCUT2D eigenvalue weighted by molar-refractivity contribution is 7.92. The van der Waals surface area contributed by atoms with Crippen LogP contribution in [0.15, 0.2) is 71.9 Å². The first kappa shape index (κ1) is 19.9. The average molecular weight is 398 g/mol. The normalized spacial score (nSPS) is 11.5. The van der Waals surface area contributed by atoms with Crippen LogP contribution < -0.4 is 10.0 Å². The molecule has 0 unspecified atom stereocenters. The van der Waals surface area contributed by atoms with E-state index in [0.717, 1.165) is 17.5 Å². The van der Waals surface area contributed by atoms with Gasteiger partial charge < -0.3 is 9.88 Å². The number of aromatic nitrogens is 1. The van der Waals surface area contributed by atoms with Crippen molar-refractivity contribution in [2.75, 3.05) is 4.72 Å². The summed E-state index contributed by atoms with van der Waals surface area (Å²) < 4.78 is 30.1. The number of carbonyl (C=O) groups excluding carboxylic acids is 1. The fourth-order valence-corrected chi connectivity index (χ4v) is 3.83. The number of para-hydroxylation sites is 1. The van der Waals surface area contributed by atoms with Crippen molar-refractivity contribution in [3.63, 3.8) is 0 Å². The summed E-state index contributed by atoms with van der Waals surface area (Å²) >= 11 is 0. The van der Waals surface area contributed by atoms with Crippen LogP contribution in [0.25, 0.3) is 5.69 Å². The number of hydrogen-bond donors (Lipinski definition) is 2. The average Bonchev–Trinajstić information content (AvgIpc) is 3.16. The molecular formula is C21H23N3O3S. The van der Waals surface area contributed by atoms with Gasteiger partial charge in [-0.15, -0.1) is 0 Å². The molecule has 1 heterocycles. The van der Waals surface area contributed by atoms with Crippen LogP contribution in [-0.4, -0.2) is 25.3 Å². The van der Waals surface area contributed by atoms with Crippen LogP contribution in [0.2, 0.25) is 0 Å². The Balaban J connectivity index is 1.81. The summed E-state index contributed by atoms with van der Waals surface area (Å²) in [5.41, 5.74) is 2.77. The van der Waals surface area contributed by atoms with E-state index in [9.17, 15) is 13.2 Å². The predicted octanol–water partition coefficient (Wildman–Crippen LogP) is 3.59. The second-order valence-corrected chi connectivity index (χ2v) is 8.44. The lowest BCUT2D eigenvalue weighted by atomic mass is 10.2. The van der Waals surface area contributed by atoms with Crippen molar-refractivity contribution in [2.45, 2.75) is 31.3 Å². The fourth-order valence-electron chi connectivity index (χ4n) is 2.73. The van der Waals surface area contributed by atoms with Crippen molar-refractivity contribution in [2.24, 2.45) is 0 Å². The first-order chi connectivity index (χ1) is 13.4. The summed E-state index contributed by atoms with van der Waals surface area (Å²) in [4.78, 5) is 11.0. The lowest BCUT2D eigenvalue weighted by Gasteiger charge is -2.15. The third-order valence-electron chi connectivity index (χ3n) is 4.26. The maximum absolute atomic E-state index is 12.8. The monoisotopic (exact) mass is 397 g/mol. The molecule has 3 aromatic rings. The summed E-state index contributed by atoms with van der Waals surface area (Å²) in [6, 6.07) is 15.8. The molecule has 0 aliphatic rings. The van der Waals surface area contributed by atoms with E-state index < -0.39 is 10.0 Å². The molecule has 7 heteroatoms. The number of carbonyl (C=O) groups is 1. The van der Waals surface area contributed by atoms with E-state index in [1.807, 2.05) is 26.0 Å². The number of aldehydes is 1. The third kappa shape index (κ3) is 4.68. The molecule has 0 fully saturated rings. The van der Waals surface area contributed by atoms with E-state index in [4.69, 9.17) is 0 Å². The van der Waals surface area contributed by atoms with E-state index >= 15 is 0 Å². The van der Waals surface area contributed by atoms with Gasteiger partial charge in [0.25, 0.3) is 10.0 Å². The molecule has 6 nitrogen and oxygen atoms in total. The maximum atomic E-state index is 12.8. The first-order valence-electron chi connectivity index (χ1n) is 8.97. The molecule has 2 N–H and O–H groups in total. The quantitative estimate of drug-likeness (QED) is 0.569. The highest BCUT2D eigenvalue weighted by Crippen LogP contribution is 2.21. The summed E-state index contributed by atoms with van der Waals surface area (Å²) in [6.07, 6.45) is 4.21. The zero-order chi connectivity index (χ0) is 20.1. The fraction of sp³-hybridized carbons (Fsp3) is 0.190. The Bertz CT molecular complexity index is 1050. The molecule has 0 bridgehead atoms. The van der Waals surface area contributed by atoms with E-state index in [1.54, 1.807) is 59.4 Å². The molecule has 0 saturated carbocycles. The second kappa shape index (κ2) is 8.41. The molecule has 0 amide bonds. The summed E-state index contributed by atoms with van der Waals surface area (Å²) in [6.45, 7) is 4.65. The van der Waals surface area contributed by atoms with E-state index in [0.29, 0.717) is 23.8 Å². The standard InChI is InChI=1S/C21H23N3O3S/c1-16(2)22-13-18-5-3-4-6-21(18)23-28(26,27)20-9-7-19(8-10-20)24-12-11-17(14-24)15-25/h3-12,14-16,22-23H,13H2,1-2H3. The van der Waals surface area contributed by atoms with Crippen molar-refractivity contribution in [1.82, 2.24) is 9.88 Å². The molecule has 0 aliphatic carbocycles. The minimum absolute atomic E-state index is 0.172. The van der Waals surface area contributed by atoms with Gasteiger partial charge in [-0.1, -0.05) is 32.0 Å².